The van der Waals surface area contributed by atoms with Gasteiger partial charge in [-0.2, -0.15) is 0 Å². The molecule has 174 valence electrons. The van der Waals surface area contributed by atoms with Crippen molar-refractivity contribution in [3.05, 3.63) is 52.0 Å². The van der Waals surface area contributed by atoms with Crippen LogP contribution in [0.1, 0.15) is 33.8 Å². The minimum absolute atomic E-state index is 0.205. The lowest BCUT2D eigenvalue weighted by Gasteiger charge is -2.34. The van der Waals surface area contributed by atoms with Crippen molar-refractivity contribution in [3.63, 3.8) is 0 Å². The van der Waals surface area contributed by atoms with E-state index in [0.717, 1.165) is 34.4 Å². The molecule has 2 saturated heterocycles. The van der Waals surface area contributed by atoms with E-state index in [4.69, 9.17) is 0 Å². The fraction of sp³-hybridized carbons (Fsp3) is 0.417. The van der Waals surface area contributed by atoms with E-state index in [1.807, 2.05) is 24.0 Å². The van der Waals surface area contributed by atoms with Crippen LogP contribution in [-0.4, -0.2) is 49.7 Å². The maximum atomic E-state index is 14.9. The molecular formula is C24H27F2N5OS. The number of piperazine rings is 1. The third-order valence-electron chi connectivity index (χ3n) is 6.50. The zero-order chi connectivity index (χ0) is 23.1. The molecule has 1 aromatic carbocycles. The molecule has 6 nitrogen and oxygen atoms in total. The Morgan fingerprint density at radius 1 is 1.21 bits per heavy atom. The number of pyridine rings is 1. The van der Waals surface area contributed by atoms with Crippen molar-refractivity contribution in [2.75, 3.05) is 36.9 Å². The molecule has 5 rings (SSSR count). The summed E-state index contributed by atoms with van der Waals surface area (Å²) in [5, 5.41) is 10.3. The summed E-state index contributed by atoms with van der Waals surface area (Å²) in [7, 11) is 1.77. The van der Waals surface area contributed by atoms with Crippen molar-refractivity contribution in [2.24, 2.45) is 0 Å². The van der Waals surface area contributed by atoms with Gasteiger partial charge < -0.3 is 20.9 Å². The molecular weight excluding hydrogens is 444 g/mol. The lowest BCUT2D eigenvalue weighted by molar-refractivity contribution is 0.0959. The van der Waals surface area contributed by atoms with Crippen LogP contribution in [-0.2, 0) is 6.42 Å². The van der Waals surface area contributed by atoms with Crippen LogP contribution in [0.4, 0.5) is 20.2 Å². The Hall–Kier alpha value is -2.78. The van der Waals surface area contributed by atoms with E-state index in [1.54, 1.807) is 7.05 Å². The Kier molecular flexibility index (Phi) is 5.92. The van der Waals surface area contributed by atoms with Crippen molar-refractivity contribution >= 4 is 38.8 Å². The van der Waals surface area contributed by atoms with Gasteiger partial charge in [0.2, 0.25) is 0 Å². The maximum Gasteiger partial charge on any atom is 0.263 e. The second kappa shape index (κ2) is 8.87. The molecule has 0 radical (unpaired) electrons. The molecule has 2 fully saturated rings. The van der Waals surface area contributed by atoms with Gasteiger partial charge in [-0.05, 0) is 49.9 Å². The number of fused-ring (bicyclic) bond motifs is 3. The third-order valence-corrected chi connectivity index (χ3v) is 7.60. The fourth-order valence-electron chi connectivity index (χ4n) is 4.88. The van der Waals surface area contributed by atoms with Gasteiger partial charge >= 0.3 is 0 Å². The van der Waals surface area contributed by atoms with E-state index in [-0.39, 0.29) is 24.4 Å². The first-order valence-corrected chi connectivity index (χ1v) is 12.1. The fourth-order valence-corrected chi connectivity index (χ4v) is 6.02. The number of nitrogens with one attached hydrogen (secondary N) is 3. The summed E-state index contributed by atoms with van der Waals surface area (Å²) in [6.07, 6.45) is 2.36. The minimum Gasteiger partial charge on any atom is -0.386 e. The molecule has 2 unspecified atom stereocenters. The highest BCUT2D eigenvalue weighted by Crippen LogP contribution is 2.34. The lowest BCUT2D eigenvalue weighted by atomic mass is 10.1. The molecule has 2 bridgehead atoms. The topological polar surface area (TPSA) is 69.3 Å². The minimum atomic E-state index is -0.441. The van der Waals surface area contributed by atoms with E-state index in [1.165, 1.54) is 23.5 Å². The van der Waals surface area contributed by atoms with Gasteiger partial charge in [-0.15, -0.1) is 11.3 Å². The molecule has 3 aromatic rings. The molecule has 2 aliphatic heterocycles. The number of aromatic nitrogens is 1. The van der Waals surface area contributed by atoms with E-state index in [9.17, 15) is 13.6 Å². The number of aryl methyl sites for hydroxylation is 1. The van der Waals surface area contributed by atoms with Crippen LogP contribution < -0.4 is 20.9 Å². The van der Waals surface area contributed by atoms with Crippen molar-refractivity contribution in [3.8, 4) is 0 Å². The van der Waals surface area contributed by atoms with Crippen molar-refractivity contribution in [1.82, 2.24) is 15.6 Å². The predicted molar refractivity (Wildman–Crippen MR) is 128 cm³/mol. The molecule has 2 aliphatic rings. The average molecular weight is 472 g/mol. The van der Waals surface area contributed by atoms with Crippen LogP contribution in [0, 0.1) is 18.6 Å². The van der Waals surface area contributed by atoms with Crippen LogP contribution in [0.15, 0.2) is 24.3 Å². The Balaban J connectivity index is 1.26. The van der Waals surface area contributed by atoms with Crippen LogP contribution in [0.2, 0.25) is 0 Å². The van der Waals surface area contributed by atoms with Gasteiger partial charge in [-0.3, -0.25) is 4.79 Å². The number of anilines is 2. The summed E-state index contributed by atoms with van der Waals surface area (Å²) in [5.74, 6) is -1.11. The highest BCUT2D eigenvalue weighted by Gasteiger charge is 2.33. The third kappa shape index (κ3) is 4.27. The zero-order valence-corrected chi connectivity index (χ0v) is 19.5. The standard InChI is InChI=1S/C24H27F2N5OS/c1-13-3-6-17-21(27-2)22(33-24(17)29-13)23(32)28-8-7-14-9-19(26)20(10-18(14)25)31-11-15-4-5-16(12-31)30-15/h3,6,9-10,15-16,27,30H,4-5,7-8,11-12H2,1-2H3,(H,28,32). The molecule has 4 heterocycles. The zero-order valence-electron chi connectivity index (χ0n) is 18.7. The number of nitrogens with zero attached hydrogens (tertiary/aromatic N) is 2. The van der Waals surface area contributed by atoms with Gasteiger partial charge in [-0.25, -0.2) is 13.8 Å². The van der Waals surface area contributed by atoms with E-state index in [2.05, 4.69) is 20.9 Å². The summed E-state index contributed by atoms with van der Waals surface area (Å²) in [6, 6.07) is 7.11. The van der Waals surface area contributed by atoms with Crippen LogP contribution in [0.5, 0.6) is 0 Å². The van der Waals surface area contributed by atoms with Gasteiger partial charge in [0.15, 0.2) is 0 Å². The quantitative estimate of drug-likeness (QED) is 0.510. The Morgan fingerprint density at radius 2 is 1.97 bits per heavy atom. The number of hydrogen-bond acceptors (Lipinski definition) is 6. The van der Waals surface area contributed by atoms with Gasteiger partial charge in [0, 0.05) is 55.9 Å². The number of halogens is 2. The summed E-state index contributed by atoms with van der Waals surface area (Å²) in [5.41, 5.74) is 2.20. The Morgan fingerprint density at radius 3 is 2.70 bits per heavy atom. The summed E-state index contributed by atoms with van der Waals surface area (Å²) < 4.78 is 29.7. The lowest BCUT2D eigenvalue weighted by Crippen LogP contribution is -2.51. The number of rotatable bonds is 6. The van der Waals surface area contributed by atoms with E-state index >= 15 is 0 Å². The number of carbonyl (C=O) groups excluding carboxylic acids is 1. The van der Waals surface area contributed by atoms with Crippen molar-refractivity contribution < 1.29 is 13.6 Å². The first-order valence-electron chi connectivity index (χ1n) is 11.3. The largest absolute Gasteiger partial charge is 0.386 e. The number of thiophene rings is 1. The molecule has 2 atom stereocenters. The molecule has 0 aliphatic carbocycles. The molecule has 1 amide bonds. The highest BCUT2D eigenvalue weighted by atomic mass is 32.1. The average Bonchev–Trinajstić information content (AvgIpc) is 3.33. The van der Waals surface area contributed by atoms with Gasteiger partial charge in [-0.1, -0.05) is 0 Å². The Labute approximate surface area is 195 Å². The first-order chi connectivity index (χ1) is 15.9. The number of benzene rings is 1. The van der Waals surface area contributed by atoms with Gasteiger partial charge in [0.25, 0.3) is 5.91 Å². The van der Waals surface area contributed by atoms with Crippen LogP contribution in [0.3, 0.4) is 0 Å². The molecule has 0 spiro atoms. The van der Waals surface area contributed by atoms with Crippen LogP contribution >= 0.6 is 11.3 Å². The van der Waals surface area contributed by atoms with Crippen molar-refractivity contribution in [1.29, 1.82) is 0 Å². The second-order valence-electron chi connectivity index (χ2n) is 8.81. The van der Waals surface area contributed by atoms with E-state index < -0.39 is 11.6 Å². The molecule has 33 heavy (non-hydrogen) atoms. The molecule has 0 saturated carbocycles. The summed E-state index contributed by atoms with van der Waals surface area (Å²) in [4.78, 5) is 20.6. The van der Waals surface area contributed by atoms with Crippen molar-refractivity contribution in [2.45, 2.75) is 38.3 Å². The van der Waals surface area contributed by atoms with Gasteiger partial charge in [0.05, 0.1) is 11.4 Å². The molecule has 2 aromatic heterocycles. The number of carbonyl (C=O) groups is 1. The second-order valence-corrected chi connectivity index (χ2v) is 9.80. The molecule has 3 N–H and O–H groups in total. The number of hydrogen-bond donors (Lipinski definition) is 3. The van der Waals surface area contributed by atoms with Gasteiger partial charge in [0.1, 0.15) is 21.3 Å². The highest BCUT2D eigenvalue weighted by molar-refractivity contribution is 7.21. The summed E-state index contributed by atoms with van der Waals surface area (Å²) >= 11 is 1.32. The predicted octanol–water partition coefficient (Wildman–Crippen LogP) is 3.84. The van der Waals surface area contributed by atoms with Crippen LogP contribution in [0.25, 0.3) is 10.2 Å². The maximum absolute atomic E-state index is 14.9. The normalized spacial score (nSPS) is 19.8. The monoisotopic (exact) mass is 471 g/mol. The SMILES string of the molecule is CNc1c(C(=O)NCCc2cc(F)c(N3CC4CCC(C3)N4)cc2F)sc2nc(C)ccc12. The smallest absolute Gasteiger partial charge is 0.263 e. The summed E-state index contributed by atoms with van der Waals surface area (Å²) in [6.45, 7) is 3.50. The Bertz CT molecular complexity index is 1200. The molecule has 9 heteroatoms. The van der Waals surface area contributed by atoms with E-state index in [0.29, 0.717) is 35.7 Å². The number of amides is 1. The first kappa shape index (κ1) is 22.0.